The first-order chi connectivity index (χ1) is 7.95. The summed E-state index contributed by atoms with van der Waals surface area (Å²) in [6, 6.07) is 0. The van der Waals surface area contributed by atoms with E-state index in [9.17, 15) is 4.79 Å². The molecule has 0 N–H and O–H groups in total. The van der Waals surface area contributed by atoms with E-state index in [0.717, 1.165) is 5.57 Å². The summed E-state index contributed by atoms with van der Waals surface area (Å²) in [4.78, 5) is 13.3. The van der Waals surface area contributed by atoms with E-state index in [4.69, 9.17) is 21.7 Å². The lowest BCUT2D eigenvalue weighted by atomic mass is 9.97. The highest BCUT2D eigenvalue weighted by molar-refractivity contribution is 7.80. The van der Waals surface area contributed by atoms with Crippen LogP contribution in [0.3, 0.4) is 0 Å². The SMILES string of the molecule is COC(=O)C1=CC(C)=CCC1OC(=S)N(C)C. The van der Waals surface area contributed by atoms with Gasteiger partial charge in [0.1, 0.15) is 6.10 Å². The van der Waals surface area contributed by atoms with Crippen LogP contribution in [0.4, 0.5) is 0 Å². The second-order valence-electron chi connectivity index (χ2n) is 4.04. The average molecular weight is 255 g/mol. The van der Waals surface area contributed by atoms with E-state index in [1.807, 2.05) is 13.0 Å². The van der Waals surface area contributed by atoms with Crippen molar-refractivity contribution in [1.82, 2.24) is 4.90 Å². The third kappa shape index (κ3) is 3.56. The predicted molar refractivity (Wildman–Crippen MR) is 69.6 cm³/mol. The molecule has 0 aliphatic heterocycles. The molecule has 0 bridgehead atoms. The fraction of sp³-hybridized carbons (Fsp3) is 0.500. The summed E-state index contributed by atoms with van der Waals surface area (Å²) in [5, 5.41) is 0.359. The van der Waals surface area contributed by atoms with Crippen LogP contribution < -0.4 is 0 Å². The van der Waals surface area contributed by atoms with E-state index < -0.39 is 0 Å². The molecule has 5 heteroatoms. The van der Waals surface area contributed by atoms with Gasteiger partial charge >= 0.3 is 5.97 Å². The number of nitrogens with zero attached hydrogens (tertiary/aromatic N) is 1. The lowest BCUT2D eigenvalue weighted by Crippen LogP contribution is -2.32. The number of methoxy groups -OCH3 is 1. The first kappa shape index (κ1) is 13.7. The van der Waals surface area contributed by atoms with Gasteiger partial charge in [-0.15, -0.1) is 0 Å². The Morgan fingerprint density at radius 3 is 2.71 bits per heavy atom. The van der Waals surface area contributed by atoms with Gasteiger partial charge in [0.15, 0.2) is 0 Å². The van der Waals surface area contributed by atoms with Gasteiger partial charge in [0.25, 0.3) is 5.17 Å². The third-order valence-corrected chi connectivity index (χ3v) is 2.87. The van der Waals surface area contributed by atoms with Crippen LogP contribution in [-0.4, -0.2) is 43.4 Å². The zero-order chi connectivity index (χ0) is 13.0. The van der Waals surface area contributed by atoms with Crippen molar-refractivity contribution in [2.45, 2.75) is 19.4 Å². The minimum atomic E-state index is -0.371. The molecule has 0 aromatic carbocycles. The second kappa shape index (κ2) is 5.82. The van der Waals surface area contributed by atoms with E-state index in [1.54, 1.807) is 25.1 Å². The van der Waals surface area contributed by atoms with Gasteiger partial charge in [-0.1, -0.05) is 11.6 Å². The van der Waals surface area contributed by atoms with Crippen LogP contribution in [0.25, 0.3) is 0 Å². The van der Waals surface area contributed by atoms with Crippen LogP contribution in [0.15, 0.2) is 23.3 Å². The maximum absolute atomic E-state index is 11.6. The van der Waals surface area contributed by atoms with Crippen molar-refractivity contribution in [2.75, 3.05) is 21.2 Å². The Morgan fingerprint density at radius 2 is 2.18 bits per heavy atom. The van der Waals surface area contributed by atoms with Crippen LogP contribution in [-0.2, 0) is 14.3 Å². The number of hydrogen-bond donors (Lipinski definition) is 0. The van der Waals surface area contributed by atoms with Crippen molar-refractivity contribution >= 4 is 23.4 Å². The summed E-state index contributed by atoms with van der Waals surface area (Å²) >= 11 is 5.07. The van der Waals surface area contributed by atoms with Crippen molar-refractivity contribution in [3.63, 3.8) is 0 Å². The van der Waals surface area contributed by atoms with Gasteiger partial charge in [-0.3, -0.25) is 0 Å². The number of esters is 1. The summed E-state index contributed by atoms with van der Waals surface area (Å²) in [5.74, 6) is -0.371. The summed E-state index contributed by atoms with van der Waals surface area (Å²) in [7, 11) is 4.96. The Bertz CT molecular complexity index is 385. The molecule has 0 heterocycles. The van der Waals surface area contributed by atoms with E-state index in [-0.39, 0.29) is 12.1 Å². The predicted octanol–water partition coefficient (Wildman–Crippen LogP) is 1.67. The van der Waals surface area contributed by atoms with E-state index >= 15 is 0 Å². The number of carbonyl (C=O) groups excluding carboxylic acids is 1. The maximum atomic E-state index is 11.6. The molecule has 0 amide bonds. The van der Waals surface area contributed by atoms with Crippen molar-refractivity contribution in [2.24, 2.45) is 0 Å². The van der Waals surface area contributed by atoms with Gasteiger partial charge in [0.05, 0.1) is 12.7 Å². The highest BCUT2D eigenvalue weighted by atomic mass is 32.1. The lowest BCUT2D eigenvalue weighted by Gasteiger charge is -2.25. The van der Waals surface area contributed by atoms with E-state index in [0.29, 0.717) is 17.2 Å². The van der Waals surface area contributed by atoms with E-state index in [2.05, 4.69) is 0 Å². The molecule has 1 unspecified atom stereocenters. The Hall–Kier alpha value is -1.36. The van der Waals surface area contributed by atoms with Gasteiger partial charge in [-0.05, 0) is 25.2 Å². The fourth-order valence-electron chi connectivity index (χ4n) is 1.46. The van der Waals surface area contributed by atoms with Crippen molar-refractivity contribution < 1.29 is 14.3 Å². The normalized spacial score (nSPS) is 18.9. The highest BCUT2D eigenvalue weighted by Crippen LogP contribution is 2.22. The average Bonchev–Trinajstić information content (AvgIpc) is 2.30. The second-order valence-corrected chi connectivity index (χ2v) is 4.39. The highest BCUT2D eigenvalue weighted by Gasteiger charge is 2.26. The molecular formula is C12H17NO3S. The van der Waals surface area contributed by atoms with Gasteiger partial charge in [0, 0.05) is 20.5 Å². The lowest BCUT2D eigenvalue weighted by molar-refractivity contribution is -0.137. The van der Waals surface area contributed by atoms with Crippen LogP contribution >= 0.6 is 12.2 Å². The van der Waals surface area contributed by atoms with Gasteiger partial charge in [0.2, 0.25) is 0 Å². The third-order valence-electron chi connectivity index (χ3n) is 2.41. The number of ether oxygens (including phenoxy) is 2. The maximum Gasteiger partial charge on any atom is 0.337 e. The van der Waals surface area contributed by atoms with Gasteiger partial charge in [-0.25, -0.2) is 4.79 Å². The molecule has 0 aromatic heterocycles. The smallest absolute Gasteiger partial charge is 0.337 e. The molecular weight excluding hydrogens is 238 g/mol. The summed E-state index contributed by atoms with van der Waals surface area (Å²) in [6.45, 7) is 1.93. The topological polar surface area (TPSA) is 38.8 Å². The molecule has 1 atom stereocenters. The van der Waals surface area contributed by atoms with Crippen molar-refractivity contribution in [3.05, 3.63) is 23.3 Å². The largest absolute Gasteiger partial charge is 0.466 e. The van der Waals surface area contributed by atoms with E-state index in [1.165, 1.54) is 7.11 Å². The van der Waals surface area contributed by atoms with Crippen molar-refractivity contribution in [3.8, 4) is 0 Å². The molecule has 1 aliphatic carbocycles. The Labute approximate surface area is 107 Å². The molecule has 0 aromatic rings. The monoisotopic (exact) mass is 255 g/mol. The Kier molecular flexibility index (Phi) is 4.69. The van der Waals surface area contributed by atoms with Crippen molar-refractivity contribution in [1.29, 1.82) is 0 Å². The van der Waals surface area contributed by atoms with Gasteiger partial charge in [-0.2, -0.15) is 0 Å². The Balaban J connectivity index is 2.83. The first-order valence-corrected chi connectivity index (χ1v) is 5.71. The molecule has 0 saturated carbocycles. The molecule has 0 radical (unpaired) electrons. The number of allylic oxidation sites excluding steroid dienone is 2. The molecule has 0 saturated heterocycles. The summed E-state index contributed by atoms with van der Waals surface area (Å²) in [5.41, 5.74) is 1.54. The molecule has 4 nitrogen and oxygen atoms in total. The fourth-order valence-corrected chi connectivity index (χ4v) is 1.58. The molecule has 17 heavy (non-hydrogen) atoms. The Morgan fingerprint density at radius 1 is 1.53 bits per heavy atom. The molecule has 1 rings (SSSR count). The molecule has 0 fully saturated rings. The zero-order valence-corrected chi connectivity index (χ0v) is 11.3. The number of carbonyl (C=O) groups is 1. The first-order valence-electron chi connectivity index (χ1n) is 5.30. The van der Waals surface area contributed by atoms with Crippen LogP contribution in [0.1, 0.15) is 13.3 Å². The van der Waals surface area contributed by atoms with Crippen LogP contribution in [0.5, 0.6) is 0 Å². The molecule has 94 valence electrons. The number of hydrogen-bond acceptors (Lipinski definition) is 4. The van der Waals surface area contributed by atoms with Crippen LogP contribution in [0, 0.1) is 0 Å². The zero-order valence-electron chi connectivity index (χ0n) is 10.5. The summed E-state index contributed by atoms with van der Waals surface area (Å²) < 4.78 is 10.3. The van der Waals surface area contributed by atoms with Gasteiger partial charge < -0.3 is 14.4 Å². The van der Waals surface area contributed by atoms with Crippen LogP contribution in [0.2, 0.25) is 0 Å². The molecule has 0 spiro atoms. The standard InChI is InChI=1S/C12H17NO3S/c1-8-5-6-10(16-12(17)13(2)3)9(7-8)11(14)15-4/h5,7,10H,6H2,1-4H3. The minimum absolute atomic E-state index is 0.359. The number of rotatable bonds is 2. The minimum Gasteiger partial charge on any atom is -0.466 e. The summed E-state index contributed by atoms with van der Waals surface area (Å²) in [6.07, 6.45) is 4.05. The molecule has 1 aliphatic rings. The quantitative estimate of drug-likeness (QED) is 0.554. The number of thiocarbonyl (C=S) groups is 1.